The minimum absolute atomic E-state index is 0.461. The summed E-state index contributed by atoms with van der Waals surface area (Å²) in [5.74, 6) is 0.606. The highest BCUT2D eigenvalue weighted by atomic mass is 79.9. The predicted molar refractivity (Wildman–Crippen MR) is 54.2 cm³/mol. The average molecular weight is 260 g/mol. The number of halogens is 1. The maximum Gasteiger partial charge on any atom is 0.200 e. The van der Waals surface area contributed by atoms with E-state index in [1.165, 1.54) is 11.5 Å². The molecule has 68 valence electrons. The van der Waals surface area contributed by atoms with Crippen molar-refractivity contribution in [2.24, 2.45) is 7.05 Å². The minimum Gasteiger partial charge on any atom is -0.374 e. The first kappa shape index (κ1) is 8.64. The van der Waals surface area contributed by atoms with Crippen molar-refractivity contribution >= 4 is 32.6 Å². The van der Waals surface area contributed by atoms with Gasteiger partial charge in [0.15, 0.2) is 11.0 Å². The van der Waals surface area contributed by atoms with Crippen molar-refractivity contribution in [3.8, 4) is 11.5 Å². The lowest BCUT2D eigenvalue weighted by Gasteiger charge is -1.95. The Hall–Kier alpha value is -0.950. The number of rotatable bonds is 1. The maximum absolute atomic E-state index is 5.48. The van der Waals surface area contributed by atoms with Crippen molar-refractivity contribution in [3.05, 3.63) is 10.7 Å². The third-order valence-corrected chi connectivity index (χ3v) is 2.67. The monoisotopic (exact) mass is 259 g/mol. The van der Waals surface area contributed by atoms with Gasteiger partial charge < -0.3 is 5.73 Å². The summed E-state index contributed by atoms with van der Waals surface area (Å²) in [4.78, 5) is 4.07. The van der Waals surface area contributed by atoms with Crippen molar-refractivity contribution in [1.82, 2.24) is 19.1 Å². The lowest BCUT2D eigenvalue weighted by Crippen LogP contribution is -1.95. The normalized spacial score (nSPS) is 10.6. The maximum atomic E-state index is 5.48. The number of nitrogens with zero attached hydrogens (tertiary/aromatic N) is 4. The molecule has 0 unspecified atom stereocenters. The highest BCUT2D eigenvalue weighted by Crippen LogP contribution is 2.26. The van der Waals surface area contributed by atoms with Gasteiger partial charge >= 0.3 is 0 Å². The van der Waals surface area contributed by atoms with E-state index in [4.69, 9.17) is 5.73 Å². The molecule has 13 heavy (non-hydrogen) atoms. The molecule has 0 amide bonds. The molecular formula is C6H6BrN5S. The zero-order valence-electron chi connectivity index (χ0n) is 6.73. The third-order valence-electron chi connectivity index (χ3n) is 1.55. The first-order valence-corrected chi connectivity index (χ1v) is 5.02. The smallest absolute Gasteiger partial charge is 0.200 e. The fourth-order valence-electron chi connectivity index (χ4n) is 0.994. The molecule has 0 spiro atoms. The molecule has 0 aliphatic carbocycles. The van der Waals surface area contributed by atoms with Crippen LogP contribution in [0.25, 0.3) is 11.5 Å². The first-order chi connectivity index (χ1) is 6.18. The summed E-state index contributed by atoms with van der Waals surface area (Å²) < 4.78 is 6.66. The molecule has 7 heteroatoms. The Kier molecular flexibility index (Phi) is 2.04. The fraction of sp³-hybridized carbons (Fsp3) is 0.167. The van der Waals surface area contributed by atoms with E-state index in [1.807, 2.05) is 7.05 Å². The Morgan fingerprint density at radius 3 is 2.85 bits per heavy atom. The van der Waals surface area contributed by atoms with E-state index >= 15 is 0 Å². The van der Waals surface area contributed by atoms with Crippen LogP contribution in [0.1, 0.15) is 0 Å². The molecular weight excluding hydrogens is 254 g/mol. The second-order valence-corrected chi connectivity index (χ2v) is 4.06. The van der Waals surface area contributed by atoms with E-state index in [1.54, 1.807) is 10.9 Å². The van der Waals surface area contributed by atoms with Crippen molar-refractivity contribution < 1.29 is 0 Å². The topological polar surface area (TPSA) is 69.6 Å². The van der Waals surface area contributed by atoms with Crippen LogP contribution in [0, 0.1) is 0 Å². The summed E-state index contributed by atoms with van der Waals surface area (Å²) in [5, 5.41) is 4.52. The average Bonchev–Trinajstić information content (AvgIpc) is 2.60. The number of hydrogen-bond donors (Lipinski definition) is 1. The Bertz CT molecular complexity index is 414. The molecule has 2 aromatic rings. The van der Waals surface area contributed by atoms with Crippen molar-refractivity contribution in [3.63, 3.8) is 0 Å². The van der Waals surface area contributed by atoms with Crippen LogP contribution < -0.4 is 5.73 Å². The molecule has 2 N–H and O–H groups in total. The van der Waals surface area contributed by atoms with Gasteiger partial charge in [0.25, 0.3) is 0 Å². The number of nitrogens with two attached hydrogens (primary N) is 1. The Morgan fingerprint density at radius 1 is 1.62 bits per heavy atom. The molecule has 0 radical (unpaired) electrons. The lowest BCUT2D eigenvalue weighted by molar-refractivity contribution is 0.771. The van der Waals surface area contributed by atoms with Gasteiger partial charge in [0.2, 0.25) is 0 Å². The molecule has 0 fully saturated rings. The van der Waals surface area contributed by atoms with Crippen molar-refractivity contribution in [2.45, 2.75) is 0 Å². The molecule has 0 saturated heterocycles. The molecule has 2 heterocycles. The van der Waals surface area contributed by atoms with E-state index < -0.39 is 0 Å². The molecule has 2 rings (SSSR count). The fourth-order valence-corrected chi connectivity index (χ4v) is 1.95. The minimum atomic E-state index is 0.461. The van der Waals surface area contributed by atoms with E-state index in [0.717, 1.165) is 10.2 Å². The largest absolute Gasteiger partial charge is 0.374 e. The highest BCUT2D eigenvalue weighted by molar-refractivity contribution is 9.10. The molecule has 5 nitrogen and oxygen atoms in total. The zero-order chi connectivity index (χ0) is 9.42. The second kappa shape index (κ2) is 3.08. The number of anilines is 1. The second-order valence-electron chi connectivity index (χ2n) is 2.42. The van der Waals surface area contributed by atoms with Crippen LogP contribution in [-0.4, -0.2) is 19.1 Å². The van der Waals surface area contributed by atoms with Gasteiger partial charge in [-0.25, -0.2) is 0 Å². The standard InChI is InChI=1S/C6H6BrN5S/c1-12-4(3(7)2-9-12)5-10-6(8)13-11-5/h2H,1H3,(H2,8,10,11). The molecule has 0 aromatic carbocycles. The quantitative estimate of drug-likeness (QED) is 0.838. The van der Waals surface area contributed by atoms with E-state index in [-0.39, 0.29) is 0 Å². The molecule has 0 aliphatic heterocycles. The number of aromatic nitrogens is 4. The number of aryl methyl sites for hydroxylation is 1. The summed E-state index contributed by atoms with van der Waals surface area (Å²) in [6.45, 7) is 0. The first-order valence-electron chi connectivity index (χ1n) is 3.45. The van der Waals surface area contributed by atoms with E-state index in [9.17, 15) is 0 Å². The summed E-state index contributed by atoms with van der Waals surface area (Å²) in [6.07, 6.45) is 1.70. The van der Waals surface area contributed by atoms with Crippen LogP contribution in [0.4, 0.5) is 5.13 Å². The van der Waals surface area contributed by atoms with Gasteiger partial charge in [-0.2, -0.15) is 14.5 Å². The number of hydrogen-bond acceptors (Lipinski definition) is 5. The van der Waals surface area contributed by atoms with Crippen LogP contribution in [0.15, 0.2) is 10.7 Å². The molecule has 0 atom stereocenters. The van der Waals surface area contributed by atoms with Crippen LogP contribution in [0.2, 0.25) is 0 Å². The Labute approximate surface area is 86.9 Å². The van der Waals surface area contributed by atoms with Gasteiger partial charge in [0.05, 0.1) is 10.7 Å². The molecule has 0 saturated carbocycles. The van der Waals surface area contributed by atoms with Crippen LogP contribution in [0.5, 0.6) is 0 Å². The summed E-state index contributed by atoms with van der Waals surface area (Å²) >= 11 is 4.54. The predicted octanol–water partition coefficient (Wildman–Crippen LogP) is 1.28. The summed E-state index contributed by atoms with van der Waals surface area (Å²) in [7, 11) is 1.83. The summed E-state index contributed by atoms with van der Waals surface area (Å²) in [5.41, 5.74) is 6.33. The molecule has 2 aromatic heterocycles. The highest BCUT2D eigenvalue weighted by Gasteiger charge is 2.12. The van der Waals surface area contributed by atoms with Gasteiger partial charge in [-0.15, -0.1) is 0 Å². The van der Waals surface area contributed by atoms with Crippen molar-refractivity contribution in [2.75, 3.05) is 5.73 Å². The van der Waals surface area contributed by atoms with Crippen LogP contribution in [0.3, 0.4) is 0 Å². The van der Waals surface area contributed by atoms with Gasteiger partial charge in [0, 0.05) is 18.6 Å². The van der Waals surface area contributed by atoms with Gasteiger partial charge in [-0.1, -0.05) is 0 Å². The molecule has 0 aliphatic rings. The van der Waals surface area contributed by atoms with Crippen LogP contribution in [-0.2, 0) is 7.05 Å². The summed E-state index contributed by atoms with van der Waals surface area (Å²) in [6, 6.07) is 0. The lowest BCUT2D eigenvalue weighted by atomic mass is 10.4. The van der Waals surface area contributed by atoms with Gasteiger partial charge in [0.1, 0.15) is 5.69 Å². The van der Waals surface area contributed by atoms with E-state index in [2.05, 4.69) is 30.4 Å². The molecule has 0 bridgehead atoms. The number of nitrogen functional groups attached to an aromatic ring is 1. The SMILES string of the molecule is Cn1ncc(Br)c1-c1nsc(N)n1. The van der Waals surface area contributed by atoms with Gasteiger partial charge in [-0.05, 0) is 15.9 Å². The van der Waals surface area contributed by atoms with Gasteiger partial charge in [-0.3, -0.25) is 4.68 Å². The Morgan fingerprint density at radius 2 is 2.38 bits per heavy atom. The Balaban J connectivity index is 2.57. The third kappa shape index (κ3) is 1.44. The van der Waals surface area contributed by atoms with Crippen LogP contribution >= 0.6 is 27.5 Å². The van der Waals surface area contributed by atoms with E-state index in [0.29, 0.717) is 11.0 Å². The van der Waals surface area contributed by atoms with Crippen molar-refractivity contribution in [1.29, 1.82) is 0 Å². The zero-order valence-corrected chi connectivity index (χ0v) is 9.13.